The Balaban J connectivity index is 2.15. The lowest BCUT2D eigenvalue weighted by atomic mass is 10.1. The number of nitro benzene ring substituents is 1. The molecule has 190 valence electrons. The SMILES string of the molecule is CCOc1cc(C=Nn2c([C@H](C)CC)nc3ccc(Br)cc3c2=O)cc([N+](=O)[O-])c1OCC(=O)OC. The molecular weight excluding hydrogens is 536 g/mol. The van der Waals surface area contributed by atoms with E-state index in [1.165, 1.54) is 30.1 Å². The number of rotatable bonds is 10. The Morgan fingerprint density at radius 3 is 2.67 bits per heavy atom. The van der Waals surface area contributed by atoms with Crippen LogP contribution < -0.4 is 15.0 Å². The van der Waals surface area contributed by atoms with Crippen LogP contribution in [0.5, 0.6) is 11.5 Å². The zero-order valence-electron chi connectivity index (χ0n) is 20.2. The van der Waals surface area contributed by atoms with Crippen molar-refractivity contribution in [3.05, 3.63) is 66.7 Å². The molecule has 1 atom stereocenters. The van der Waals surface area contributed by atoms with Gasteiger partial charge in [-0.25, -0.2) is 9.78 Å². The van der Waals surface area contributed by atoms with Gasteiger partial charge in [-0.3, -0.25) is 14.9 Å². The lowest BCUT2D eigenvalue weighted by Gasteiger charge is -2.14. The summed E-state index contributed by atoms with van der Waals surface area (Å²) in [6, 6.07) is 7.93. The smallest absolute Gasteiger partial charge is 0.343 e. The van der Waals surface area contributed by atoms with Crippen LogP contribution in [0.15, 0.2) is 44.7 Å². The predicted octanol–water partition coefficient (Wildman–Crippen LogP) is 4.41. The second kappa shape index (κ2) is 11.8. The summed E-state index contributed by atoms with van der Waals surface area (Å²) in [4.78, 5) is 40.6. The van der Waals surface area contributed by atoms with Crippen molar-refractivity contribution >= 4 is 44.7 Å². The molecule has 0 aliphatic rings. The third-order valence-electron chi connectivity index (χ3n) is 5.32. The molecule has 36 heavy (non-hydrogen) atoms. The van der Waals surface area contributed by atoms with Gasteiger partial charge in [0.2, 0.25) is 5.75 Å². The number of nitrogens with zero attached hydrogens (tertiary/aromatic N) is 4. The maximum absolute atomic E-state index is 13.3. The zero-order valence-corrected chi connectivity index (χ0v) is 21.8. The van der Waals surface area contributed by atoms with E-state index < -0.39 is 23.2 Å². The molecule has 0 aliphatic carbocycles. The van der Waals surface area contributed by atoms with E-state index in [1.807, 2.05) is 13.8 Å². The van der Waals surface area contributed by atoms with Gasteiger partial charge in [-0.05, 0) is 37.6 Å². The molecule has 0 unspecified atom stereocenters. The Kier molecular flexibility index (Phi) is 8.75. The number of carbonyl (C=O) groups is 1. The Morgan fingerprint density at radius 1 is 1.28 bits per heavy atom. The van der Waals surface area contributed by atoms with E-state index in [2.05, 4.69) is 30.8 Å². The van der Waals surface area contributed by atoms with Crippen molar-refractivity contribution in [2.45, 2.75) is 33.1 Å². The van der Waals surface area contributed by atoms with Gasteiger partial charge in [0.1, 0.15) is 5.82 Å². The van der Waals surface area contributed by atoms with Gasteiger partial charge in [0.25, 0.3) is 5.56 Å². The summed E-state index contributed by atoms with van der Waals surface area (Å²) in [5, 5.41) is 16.5. The Morgan fingerprint density at radius 2 is 2.03 bits per heavy atom. The monoisotopic (exact) mass is 560 g/mol. The van der Waals surface area contributed by atoms with E-state index in [-0.39, 0.29) is 35.1 Å². The Bertz CT molecular complexity index is 1390. The van der Waals surface area contributed by atoms with Crippen molar-refractivity contribution in [1.82, 2.24) is 9.66 Å². The average molecular weight is 561 g/mol. The summed E-state index contributed by atoms with van der Waals surface area (Å²) in [7, 11) is 1.18. The Labute approximate surface area is 215 Å². The highest BCUT2D eigenvalue weighted by molar-refractivity contribution is 9.10. The molecule has 0 fully saturated rings. The highest BCUT2D eigenvalue weighted by Gasteiger charge is 2.24. The molecule has 0 radical (unpaired) electrons. The molecule has 0 amide bonds. The average Bonchev–Trinajstić information content (AvgIpc) is 2.86. The third kappa shape index (κ3) is 5.88. The molecule has 0 aliphatic heterocycles. The van der Waals surface area contributed by atoms with Gasteiger partial charge in [-0.15, -0.1) is 0 Å². The molecule has 0 bridgehead atoms. The van der Waals surface area contributed by atoms with Crippen LogP contribution in [0.25, 0.3) is 10.9 Å². The first kappa shape index (κ1) is 26.8. The maximum atomic E-state index is 13.3. The summed E-state index contributed by atoms with van der Waals surface area (Å²) < 4.78 is 17.3. The largest absolute Gasteiger partial charge is 0.490 e. The van der Waals surface area contributed by atoms with Crippen molar-refractivity contribution in [3.8, 4) is 11.5 Å². The van der Waals surface area contributed by atoms with Crippen LogP contribution in [-0.4, -0.2) is 47.1 Å². The molecule has 3 aromatic rings. The van der Waals surface area contributed by atoms with Crippen LogP contribution in [0.1, 0.15) is 44.5 Å². The first-order valence-corrected chi connectivity index (χ1v) is 11.9. The van der Waals surface area contributed by atoms with Gasteiger partial charge in [0, 0.05) is 22.0 Å². The summed E-state index contributed by atoms with van der Waals surface area (Å²) in [5.74, 6) is -0.479. The van der Waals surface area contributed by atoms with Crippen molar-refractivity contribution in [3.63, 3.8) is 0 Å². The van der Waals surface area contributed by atoms with Crippen LogP contribution in [0.2, 0.25) is 0 Å². The number of benzene rings is 2. The lowest BCUT2D eigenvalue weighted by Crippen LogP contribution is -2.23. The summed E-state index contributed by atoms with van der Waals surface area (Å²) in [6.07, 6.45) is 2.04. The minimum Gasteiger partial charge on any atom is -0.490 e. The molecule has 0 spiro atoms. The molecule has 0 saturated heterocycles. The van der Waals surface area contributed by atoms with Crippen LogP contribution >= 0.6 is 15.9 Å². The highest BCUT2D eigenvalue weighted by Crippen LogP contribution is 2.38. The number of hydrogen-bond donors (Lipinski definition) is 0. The van der Waals surface area contributed by atoms with Gasteiger partial charge in [0.15, 0.2) is 12.4 Å². The molecule has 2 aromatic carbocycles. The van der Waals surface area contributed by atoms with Gasteiger partial charge in [0.05, 0.1) is 35.8 Å². The van der Waals surface area contributed by atoms with E-state index in [0.29, 0.717) is 16.7 Å². The summed E-state index contributed by atoms with van der Waals surface area (Å²) in [6.45, 7) is 5.27. The minimum absolute atomic E-state index is 0.0483. The first-order valence-electron chi connectivity index (χ1n) is 11.1. The molecule has 12 heteroatoms. The topological polar surface area (TPSA) is 135 Å². The fourth-order valence-electron chi connectivity index (χ4n) is 3.32. The number of fused-ring (bicyclic) bond motifs is 1. The summed E-state index contributed by atoms with van der Waals surface area (Å²) >= 11 is 3.37. The number of methoxy groups -OCH3 is 1. The summed E-state index contributed by atoms with van der Waals surface area (Å²) in [5.41, 5.74) is 0.0324. The van der Waals surface area contributed by atoms with Crippen LogP contribution in [0.4, 0.5) is 5.69 Å². The number of hydrogen-bond acceptors (Lipinski definition) is 9. The number of carbonyl (C=O) groups excluding carboxylic acids is 1. The van der Waals surface area contributed by atoms with Crippen LogP contribution in [-0.2, 0) is 9.53 Å². The molecule has 1 heterocycles. The molecular formula is C24H25BrN4O7. The second-order valence-corrected chi connectivity index (χ2v) is 8.64. The van der Waals surface area contributed by atoms with Crippen molar-refractivity contribution < 1.29 is 23.9 Å². The van der Waals surface area contributed by atoms with Crippen molar-refractivity contribution in [2.75, 3.05) is 20.3 Å². The van der Waals surface area contributed by atoms with E-state index in [4.69, 9.17) is 9.47 Å². The number of ether oxygens (including phenoxy) is 3. The number of halogens is 1. The fraction of sp³-hybridized carbons (Fsp3) is 0.333. The van der Waals surface area contributed by atoms with E-state index >= 15 is 0 Å². The molecule has 1 aromatic heterocycles. The first-order chi connectivity index (χ1) is 17.2. The van der Waals surface area contributed by atoms with Crippen LogP contribution in [0.3, 0.4) is 0 Å². The molecule has 0 saturated carbocycles. The van der Waals surface area contributed by atoms with E-state index in [9.17, 15) is 19.7 Å². The zero-order chi connectivity index (χ0) is 26.4. The standard InChI is InChI=1S/C24H25BrN4O7/c1-5-14(3)23-27-18-8-7-16(25)11-17(18)24(31)28(23)26-12-15-9-19(29(32)33)22(20(10-15)35-6-2)36-13-21(30)34-4/h7-12,14H,5-6,13H2,1-4H3/t14-/m1/s1. The van der Waals surface area contributed by atoms with Gasteiger partial charge < -0.3 is 14.2 Å². The third-order valence-corrected chi connectivity index (χ3v) is 5.82. The maximum Gasteiger partial charge on any atom is 0.343 e. The van der Waals surface area contributed by atoms with Gasteiger partial charge in [-0.2, -0.15) is 9.78 Å². The van der Waals surface area contributed by atoms with Crippen molar-refractivity contribution in [1.29, 1.82) is 0 Å². The molecule has 3 rings (SSSR count). The second-order valence-electron chi connectivity index (χ2n) is 7.72. The quantitative estimate of drug-likeness (QED) is 0.154. The predicted molar refractivity (Wildman–Crippen MR) is 137 cm³/mol. The lowest BCUT2D eigenvalue weighted by molar-refractivity contribution is -0.385. The number of esters is 1. The normalized spacial score (nSPS) is 12.0. The van der Waals surface area contributed by atoms with Gasteiger partial charge >= 0.3 is 11.7 Å². The fourth-order valence-corrected chi connectivity index (χ4v) is 3.68. The van der Waals surface area contributed by atoms with E-state index in [1.54, 1.807) is 25.1 Å². The molecule has 11 nitrogen and oxygen atoms in total. The van der Waals surface area contributed by atoms with E-state index in [0.717, 1.165) is 10.9 Å². The highest BCUT2D eigenvalue weighted by atomic mass is 79.9. The van der Waals surface area contributed by atoms with Crippen molar-refractivity contribution in [2.24, 2.45) is 5.10 Å². The van der Waals surface area contributed by atoms with Crippen LogP contribution in [0, 0.1) is 10.1 Å². The number of nitro groups is 1. The minimum atomic E-state index is -0.704. The molecule has 0 N–H and O–H groups in total. The van der Waals surface area contributed by atoms with Gasteiger partial charge in [-0.1, -0.05) is 29.8 Å². The number of aromatic nitrogens is 2. The Hall–Kier alpha value is -3.80.